The van der Waals surface area contributed by atoms with Gasteiger partial charge in [0.1, 0.15) is 5.82 Å². The summed E-state index contributed by atoms with van der Waals surface area (Å²) in [5.41, 5.74) is 3.18. The molecule has 1 atom stereocenters. The minimum Gasteiger partial charge on any atom is -0.389 e. The summed E-state index contributed by atoms with van der Waals surface area (Å²) < 4.78 is 17.2. The zero-order valence-electron chi connectivity index (χ0n) is 12.4. The molecule has 3 rings (SSSR count). The van der Waals surface area contributed by atoms with Crippen LogP contribution in [0.1, 0.15) is 24.2 Å². The zero-order chi connectivity index (χ0) is 15.7. The van der Waals surface area contributed by atoms with Crippen molar-refractivity contribution in [3.63, 3.8) is 0 Å². The van der Waals surface area contributed by atoms with Crippen LogP contribution < -0.4 is 0 Å². The van der Waals surface area contributed by atoms with E-state index in [1.54, 1.807) is 36.4 Å². The molecule has 0 spiro atoms. The van der Waals surface area contributed by atoms with Gasteiger partial charge in [-0.05, 0) is 30.7 Å². The fourth-order valence-corrected chi connectivity index (χ4v) is 2.62. The van der Waals surface area contributed by atoms with E-state index in [9.17, 15) is 9.50 Å². The highest BCUT2D eigenvalue weighted by molar-refractivity contribution is 5.68. The van der Waals surface area contributed by atoms with Crippen molar-refractivity contribution in [3.05, 3.63) is 60.1 Å². The van der Waals surface area contributed by atoms with E-state index in [-0.39, 0.29) is 5.82 Å². The molecule has 0 amide bonds. The predicted octanol–water partition coefficient (Wildman–Crippen LogP) is 2.52. The maximum atomic E-state index is 13.5. The number of imidazole rings is 1. The summed E-state index contributed by atoms with van der Waals surface area (Å²) >= 11 is 0. The second-order valence-corrected chi connectivity index (χ2v) is 5.28. The van der Waals surface area contributed by atoms with Gasteiger partial charge in [0.25, 0.3) is 0 Å². The number of aliphatic hydroxyl groups is 1. The van der Waals surface area contributed by atoms with Crippen LogP contribution in [0, 0.1) is 5.82 Å². The minimum atomic E-state index is -0.762. The zero-order valence-corrected chi connectivity index (χ0v) is 12.4. The lowest BCUT2D eigenvalue weighted by molar-refractivity contribution is 0.199. The van der Waals surface area contributed by atoms with Crippen molar-refractivity contribution in [3.8, 4) is 11.3 Å². The topological polar surface area (TPSA) is 55.9 Å². The Morgan fingerprint density at radius 2 is 2.18 bits per heavy atom. The first-order valence-electron chi connectivity index (χ1n) is 7.00. The van der Waals surface area contributed by atoms with E-state index in [0.717, 1.165) is 16.8 Å². The van der Waals surface area contributed by atoms with Gasteiger partial charge in [-0.1, -0.05) is 0 Å². The van der Waals surface area contributed by atoms with Gasteiger partial charge in [-0.25, -0.2) is 9.37 Å². The number of hydrogen-bond donors (Lipinski definition) is 1. The molecule has 22 heavy (non-hydrogen) atoms. The smallest absolute Gasteiger partial charge is 0.123 e. The molecule has 0 fully saturated rings. The van der Waals surface area contributed by atoms with E-state index in [1.807, 2.05) is 17.8 Å². The SMILES string of the molecule is CC(O)c1cc(F)ccc1-c1c(Cn2ccnc2)cnn1C. The number of hydrogen-bond acceptors (Lipinski definition) is 3. The summed E-state index contributed by atoms with van der Waals surface area (Å²) in [6.45, 7) is 2.24. The highest BCUT2D eigenvalue weighted by Crippen LogP contribution is 2.31. The van der Waals surface area contributed by atoms with E-state index in [4.69, 9.17) is 0 Å². The number of rotatable bonds is 4. The summed E-state index contributed by atoms with van der Waals surface area (Å²) in [6, 6.07) is 4.45. The Hall–Kier alpha value is -2.47. The van der Waals surface area contributed by atoms with E-state index in [2.05, 4.69) is 10.1 Å². The lowest BCUT2D eigenvalue weighted by atomic mass is 9.98. The molecule has 2 aromatic heterocycles. The monoisotopic (exact) mass is 300 g/mol. The van der Waals surface area contributed by atoms with Crippen LogP contribution in [0.3, 0.4) is 0 Å². The molecule has 0 radical (unpaired) electrons. The Labute approximate surface area is 127 Å². The predicted molar refractivity (Wildman–Crippen MR) is 80.6 cm³/mol. The average molecular weight is 300 g/mol. The Morgan fingerprint density at radius 3 is 2.86 bits per heavy atom. The minimum absolute atomic E-state index is 0.363. The van der Waals surface area contributed by atoms with Crippen molar-refractivity contribution in [2.24, 2.45) is 7.05 Å². The van der Waals surface area contributed by atoms with Crippen molar-refractivity contribution < 1.29 is 9.50 Å². The lowest BCUT2D eigenvalue weighted by Gasteiger charge is -2.14. The molecule has 5 nitrogen and oxygen atoms in total. The van der Waals surface area contributed by atoms with Crippen molar-refractivity contribution >= 4 is 0 Å². The quantitative estimate of drug-likeness (QED) is 0.805. The van der Waals surface area contributed by atoms with Gasteiger partial charge in [0.05, 0.1) is 30.9 Å². The molecule has 0 saturated heterocycles. The summed E-state index contributed by atoms with van der Waals surface area (Å²) in [4.78, 5) is 4.03. The van der Waals surface area contributed by atoms with Gasteiger partial charge in [0, 0.05) is 30.6 Å². The summed E-state index contributed by atoms with van der Waals surface area (Å²) in [6.07, 6.45) is 6.34. The summed E-state index contributed by atoms with van der Waals surface area (Å²) in [7, 11) is 1.84. The van der Waals surface area contributed by atoms with Crippen LogP contribution in [0.2, 0.25) is 0 Å². The first-order valence-corrected chi connectivity index (χ1v) is 7.00. The average Bonchev–Trinajstić information content (AvgIpc) is 3.10. The van der Waals surface area contributed by atoms with E-state index >= 15 is 0 Å². The van der Waals surface area contributed by atoms with Gasteiger partial charge in [-0.15, -0.1) is 0 Å². The maximum Gasteiger partial charge on any atom is 0.123 e. The number of halogens is 1. The molecule has 0 aliphatic heterocycles. The standard InChI is InChI=1S/C16H17FN4O/c1-11(22)15-7-13(17)3-4-14(15)16-12(8-19-20(16)2)9-21-6-5-18-10-21/h3-8,10-11,22H,9H2,1-2H3. The molecule has 1 unspecified atom stereocenters. The Balaban J connectivity index is 2.11. The fraction of sp³-hybridized carbons (Fsp3) is 0.250. The normalized spacial score (nSPS) is 12.5. The number of aliphatic hydroxyl groups excluding tert-OH is 1. The van der Waals surface area contributed by atoms with Crippen molar-refractivity contribution in [2.75, 3.05) is 0 Å². The van der Waals surface area contributed by atoms with Gasteiger partial charge in [-0.2, -0.15) is 5.10 Å². The van der Waals surface area contributed by atoms with Gasteiger partial charge in [-0.3, -0.25) is 4.68 Å². The highest BCUT2D eigenvalue weighted by Gasteiger charge is 2.17. The number of nitrogens with zero attached hydrogens (tertiary/aromatic N) is 4. The van der Waals surface area contributed by atoms with E-state index in [1.165, 1.54) is 12.1 Å². The molecule has 3 aromatic rings. The second kappa shape index (κ2) is 5.73. The molecule has 0 saturated carbocycles. The fourth-order valence-electron chi connectivity index (χ4n) is 2.62. The third-order valence-electron chi connectivity index (χ3n) is 3.65. The lowest BCUT2D eigenvalue weighted by Crippen LogP contribution is -2.04. The van der Waals surface area contributed by atoms with Crippen LogP contribution in [0.25, 0.3) is 11.3 Å². The molecule has 1 aromatic carbocycles. The van der Waals surface area contributed by atoms with Crippen molar-refractivity contribution in [1.29, 1.82) is 0 Å². The van der Waals surface area contributed by atoms with E-state index in [0.29, 0.717) is 12.1 Å². The van der Waals surface area contributed by atoms with Gasteiger partial charge >= 0.3 is 0 Å². The van der Waals surface area contributed by atoms with Crippen LogP contribution >= 0.6 is 0 Å². The van der Waals surface area contributed by atoms with Crippen LogP contribution in [0.5, 0.6) is 0 Å². The third-order valence-corrected chi connectivity index (χ3v) is 3.65. The van der Waals surface area contributed by atoms with E-state index < -0.39 is 6.10 Å². The van der Waals surface area contributed by atoms with Crippen LogP contribution in [0.4, 0.5) is 4.39 Å². The maximum absolute atomic E-state index is 13.5. The molecule has 0 aliphatic carbocycles. The highest BCUT2D eigenvalue weighted by atomic mass is 19.1. The molecular formula is C16H17FN4O. The molecular weight excluding hydrogens is 283 g/mol. The summed E-state index contributed by atoms with van der Waals surface area (Å²) in [5, 5.41) is 14.3. The number of benzene rings is 1. The molecule has 0 bridgehead atoms. The Kier molecular flexibility index (Phi) is 3.77. The van der Waals surface area contributed by atoms with Gasteiger partial charge < -0.3 is 9.67 Å². The largest absolute Gasteiger partial charge is 0.389 e. The first kappa shape index (κ1) is 14.5. The molecule has 2 heterocycles. The molecule has 0 aliphatic rings. The first-order chi connectivity index (χ1) is 10.6. The molecule has 114 valence electrons. The second-order valence-electron chi connectivity index (χ2n) is 5.28. The van der Waals surface area contributed by atoms with Crippen LogP contribution in [-0.2, 0) is 13.6 Å². The van der Waals surface area contributed by atoms with Crippen LogP contribution in [-0.4, -0.2) is 24.4 Å². The number of aryl methyl sites for hydroxylation is 1. The van der Waals surface area contributed by atoms with Crippen molar-refractivity contribution in [1.82, 2.24) is 19.3 Å². The number of aromatic nitrogens is 4. The van der Waals surface area contributed by atoms with Crippen LogP contribution in [0.15, 0.2) is 43.1 Å². The summed E-state index contributed by atoms with van der Waals surface area (Å²) in [5.74, 6) is -0.363. The Bertz CT molecular complexity index is 778. The third kappa shape index (κ3) is 2.65. The van der Waals surface area contributed by atoms with Crippen molar-refractivity contribution in [2.45, 2.75) is 19.6 Å². The van der Waals surface area contributed by atoms with Gasteiger partial charge in [0.2, 0.25) is 0 Å². The Morgan fingerprint density at radius 1 is 1.36 bits per heavy atom. The molecule has 1 N–H and O–H groups in total. The molecule has 6 heteroatoms. The van der Waals surface area contributed by atoms with Gasteiger partial charge in [0.15, 0.2) is 0 Å².